The molecule has 5 nitrogen and oxygen atoms in total. The first-order valence-corrected chi connectivity index (χ1v) is 8.60. The molecule has 0 radical (unpaired) electrons. The highest BCUT2D eigenvalue weighted by atomic mass is 35.5. The van der Waals surface area contributed by atoms with E-state index in [2.05, 4.69) is 10.3 Å². The molecule has 0 aliphatic heterocycles. The average molecular weight is 346 g/mol. The number of hydrogen-bond donors (Lipinski definition) is 2. The zero-order valence-corrected chi connectivity index (χ0v) is 14.1. The van der Waals surface area contributed by atoms with Crippen molar-refractivity contribution < 1.29 is 10.0 Å². The van der Waals surface area contributed by atoms with Crippen LogP contribution in [-0.2, 0) is 0 Å². The van der Waals surface area contributed by atoms with Gasteiger partial charge >= 0.3 is 6.03 Å². The molecule has 114 valence electrons. The SMILES string of the molecule is CC(C)N(O)C(=O)NCCSc1nc2cc(Cl)ccc2s1. The molecule has 0 saturated carbocycles. The number of hydrogen-bond acceptors (Lipinski definition) is 5. The summed E-state index contributed by atoms with van der Waals surface area (Å²) < 4.78 is 2.03. The first kappa shape index (κ1) is 16.4. The lowest BCUT2D eigenvalue weighted by Gasteiger charge is -2.19. The number of halogens is 1. The van der Waals surface area contributed by atoms with E-state index in [-0.39, 0.29) is 6.04 Å². The molecule has 0 atom stereocenters. The lowest BCUT2D eigenvalue weighted by molar-refractivity contribution is -0.0675. The molecule has 21 heavy (non-hydrogen) atoms. The Morgan fingerprint density at radius 3 is 3.05 bits per heavy atom. The molecule has 2 amide bonds. The van der Waals surface area contributed by atoms with Crippen molar-refractivity contribution in [2.75, 3.05) is 12.3 Å². The highest BCUT2D eigenvalue weighted by Crippen LogP contribution is 2.30. The number of urea groups is 1. The number of rotatable bonds is 5. The van der Waals surface area contributed by atoms with Gasteiger partial charge in [-0.3, -0.25) is 5.21 Å². The largest absolute Gasteiger partial charge is 0.341 e. The summed E-state index contributed by atoms with van der Waals surface area (Å²) in [5.41, 5.74) is 0.889. The Kier molecular flexibility index (Phi) is 5.69. The third-order valence-electron chi connectivity index (χ3n) is 2.63. The zero-order chi connectivity index (χ0) is 15.4. The zero-order valence-electron chi connectivity index (χ0n) is 11.7. The first-order chi connectivity index (χ1) is 9.97. The maximum absolute atomic E-state index is 11.5. The van der Waals surface area contributed by atoms with Crippen LogP contribution in [0.3, 0.4) is 0 Å². The molecule has 0 aliphatic carbocycles. The van der Waals surface area contributed by atoms with E-state index in [1.165, 1.54) is 0 Å². The Morgan fingerprint density at radius 1 is 1.57 bits per heavy atom. The van der Waals surface area contributed by atoms with Crippen molar-refractivity contribution in [1.82, 2.24) is 15.4 Å². The van der Waals surface area contributed by atoms with Gasteiger partial charge in [0, 0.05) is 17.3 Å². The number of fused-ring (bicyclic) bond motifs is 1. The molecule has 0 bridgehead atoms. The van der Waals surface area contributed by atoms with Crippen molar-refractivity contribution >= 4 is 50.9 Å². The third-order valence-corrected chi connectivity index (χ3v) is 5.05. The Hall–Kier alpha value is -1.02. The van der Waals surface area contributed by atoms with Crippen LogP contribution in [0, 0.1) is 0 Å². The molecule has 2 N–H and O–H groups in total. The number of carbonyl (C=O) groups is 1. The van der Waals surface area contributed by atoms with Crippen molar-refractivity contribution in [3.05, 3.63) is 23.2 Å². The molecule has 0 unspecified atom stereocenters. The van der Waals surface area contributed by atoms with Gasteiger partial charge < -0.3 is 5.32 Å². The van der Waals surface area contributed by atoms with E-state index in [0.717, 1.165) is 14.6 Å². The minimum absolute atomic E-state index is 0.244. The number of amides is 2. The summed E-state index contributed by atoms with van der Waals surface area (Å²) in [5.74, 6) is 0.686. The number of nitrogens with zero attached hydrogens (tertiary/aromatic N) is 2. The van der Waals surface area contributed by atoms with Gasteiger partial charge in [-0.15, -0.1) is 11.3 Å². The number of nitrogens with one attached hydrogen (secondary N) is 1. The Labute approximate surface area is 136 Å². The van der Waals surface area contributed by atoms with Gasteiger partial charge in [0.25, 0.3) is 0 Å². The minimum atomic E-state index is -0.485. The van der Waals surface area contributed by atoms with E-state index >= 15 is 0 Å². The van der Waals surface area contributed by atoms with Crippen LogP contribution in [0.15, 0.2) is 22.5 Å². The number of carbonyl (C=O) groups excluding carboxylic acids is 1. The van der Waals surface area contributed by atoms with Gasteiger partial charge in [-0.25, -0.2) is 14.8 Å². The van der Waals surface area contributed by atoms with Crippen molar-refractivity contribution in [2.45, 2.75) is 24.2 Å². The number of hydroxylamine groups is 2. The van der Waals surface area contributed by atoms with Crippen LogP contribution < -0.4 is 5.32 Å². The fraction of sp³-hybridized carbons (Fsp3) is 0.385. The van der Waals surface area contributed by atoms with Crippen molar-refractivity contribution in [1.29, 1.82) is 0 Å². The summed E-state index contributed by atoms with van der Waals surface area (Å²) in [6.07, 6.45) is 0. The second-order valence-electron chi connectivity index (χ2n) is 4.61. The lowest BCUT2D eigenvalue weighted by atomic mass is 10.3. The monoisotopic (exact) mass is 345 g/mol. The average Bonchev–Trinajstić information content (AvgIpc) is 2.84. The normalized spacial score (nSPS) is 11.1. The van der Waals surface area contributed by atoms with E-state index in [0.29, 0.717) is 22.4 Å². The van der Waals surface area contributed by atoms with Crippen molar-refractivity contribution in [2.24, 2.45) is 0 Å². The lowest BCUT2D eigenvalue weighted by Crippen LogP contribution is -2.42. The number of benzene rings is 1. The van der Waals surface area contributed by atoms with Gasteiger partial charge in [-0.05, 0) is 32.0 Å². The van der Waals surface area contributed by atoms with Gasteiger partial charge in [-0.1, -0.05) is 23.4 Å². The standard InChI is InChI=1S/C13H16ClN3O2S2/c1-8(2)17(19)12(18)15-5-6-20-13-16-10-7-9(14)3-4-11(10)21-13/h3-4,7-8,19H,5-6H2,1-2H3,(H,15,18). The van der Waals surface area contributed by atoms with Crippen LogP contribution in [0.25, 0.3) is 10.2 Å². The molecule has 0 fully saturated rings. The highest BCUT2D eigenvalue weighted by molar-refractivity contribution is 8.01. The summed E-state index contributed by atoms with van der Waals surface area (Å²) in [6, 6.07) is 4.91. The second-order valence-corrected chi connectivity index (χ2v) is 7.42. The summed E-state index contributed by atoms with van der Waals surface area (Å²) in [6.45, 7) is 3.94. The van der Waals surface area contributed by atoms with E-state index < -0.39 is 6.03 Å². The molecule has 1 aromatic carbocycles. The van der Waals surface area contributed by atoms with Crippen LogP contribution in [-0.4, -0.2) is 39.6 Å². The van der Waals surface area contributed by atoms with Crippen LogP contribution in [0.1, 0.15) is 13.8 Å². The molecule has 8 heteroatoms. The highest BCUT2D eigenvalue weighted by Gasteiger charge is 2.13. The topological polar surface area (TPSA) is 65.5 Å². The van der Waals surface area contributed by atoms with E-state index in [1.807, 2.05) is 18.2 Å². The van der Waals surface area contributed by atoms with Gasteiger partial charge in [-0.2, -0.15) is 0 Å². The number of aromatic nitrogens is 1. The van der Waals surface area contributed by atoms with Crippen LogP contribution in [0.5, 0.6) is 0 Å². The Morgan fingerprint density at radius 2 is 2.33 bits per heavy atom. The van der Waals surface area contributed by atoms with Gasteiger partial charge in [0.2, 0.25) is 0 Å². The van der Waals surface area contributed by atoms with E-state index in [4.69, 9.17) is 11.6 Å². The Bertz CT molecular complexity index is 633. The van der Waals surface area contributed by atoms with Crippen molar-refractivity contribution in [3.63, 3.8) is 0 Å². The quantitative estimate of drug-likeness (QED) is 0.374. The van der Waals surface area contributed by atoms with Crippen LogP contribution in [0.4, 0.5) is 4.79 Å². The van der Waals surface area contributed by atoms with Crippen LogP contribution in [0.2, 0.25) is 5.02 Å². The predicted octanol–water partition coefficient (Wildman–Crippen LogP) is 3.85. The maximum Gasteiger partial charge on any atom is 0.341 e. The fourth-order valence-corrected chi connectivity index (χ4v) is 3.69. The molecular weight excluding hydrogens is 330 g/mol. The first-order valence-electron chi connectivity index (χ1n) is 6.42. The van der Waals surface area contributed by atoms with Crippen LogP contribution >= 0.6 is 34.7 Å². The molecule has 2 aromatic rings. The van der Waals surface area contributed by atoms with E-state index in [1.54, 1.807) is 36.9 Å². The van der Waals surface area contributed by atoms with Gasteiger partial charge in [0.1, 0.15) is 0 Å². The molecule has 0 aliphatic rings. The Balaban J connectivity index is 1.81. The molecule has 1 aromatic heterocycles. The molecule has 1 heterocycles. The predicted molar refractivity (Wildman–Crippen MR) is 87.5 cm³/mol. The molecule has 0 saturated heterocycles. The second kappa shape index (κ2) is 7.31. The number of thiazole rings is 1. The number of thioether (sulfide) groups is 1. The minimum Gasteiger partial charge on any atom is -0.335 e. The smallest absolute Gasteiger partial charge is 0.335 e. The van der Waals surface area contributed by atoms with E-state index in [9.17, 15) is 10.0 Å². The maximum atomic E-state index is 11.5. The summed E-state index contributed by atoms with van der Waals surface area (Å²) >= 11 is 9.09. The summed E-state index contributed by atoms with van der Waals surface area (Å²) in [5, 5.41) is 13.4. The fourth-order valence-electron chi connectivity index (χ4n) is 1.55. The molecular formula is C13H16ClN3O2S2. The van der Waals surface area contributed by atoms with Gasteiger partial charge in [0.05, 0.1) is 16.3 Å². The molecule has 0 spiro atoms. The van der Waals surface area contributed by atoms with Gasteiger partial charge in [0.15, 0.2) is 4.34 Å². The third kappa shape index (κ3) is 4.47. The molecule has 2 rings (SSSR count). The summed E-state index contributed by atoms with van der Waals surface area (Å²) in [7, 11) is 0. The summed E-state index contributed by atoms with van der Waals surface area (Å²) in [4.78, 5) is 16.0. The van der Waals surface area contributed by atoms with Crippen molar-refractivity contribution in [3.8, 4) is 0 Å².